The molecule has 6 rings (SSSR count). The number of aliphatic hydroxyl groups excluding tert-OH is 7. The van der Waals surface area contributed by atoms with E-state index in [1.807, 2.05) is 6.92 Å². The van der Waals surface area contributed by atoms with Crippen molar-refractivity contribution in [3.63, 3.8) is 0 Å². The highest BCUT2D eigenvalue weighted by Crippen LogP contribution is 2.69. The highest BCUT2D eigenvalue weighted by molar-refractivity contribution is 5.27. The predicted molar refractivity (Wildman–Crippen MR) is 155 cm³/mol. The molecule has 0 amide bonds. The molecule has 4 saturated carbocycles. The maximum atomic E-state index is 11.8. The van der Waals surface area contributed by atoms with Gasteiger partial charge in [0, 0.05) is 17.8 Å². The summed E-state index contributed by atoms with van der Waals surface area (Å²) in [4.78, 5) is 0. The van der Waals surface area contributed by atoms with E-state index in [0.29, 0.717) is 24.7 Å². The van der Waals surface area contributed by atoms with Gasteiger partial charge in [-0.25, -0.2) is 0 Å². The summed E-state index contributed by atoms with van der Waals surface area (Å²) >= 11 is 0. The van der Waals surface area contributed by atoms with Gasteiger partial charge < -0.3 is 50.0 Å². The van der Waals surface area contributed by atoms with Crippen molar-refractivity contribution >= 4 is 0 Å². The molecule has 7 N–H and O–H groups in total. The normalized spacial score (nSPS) is 53.5. The first-order valence-corrected chi connectivity index (χ1v) is 16.6. The Labute approximate surface area is 255 Å². The van der Waals surface area contributed by atoms with E-state index in [1.54, 1.807) is 0 Å². The summed E-state index contributed by atoms with van der Waals surface area (Å²) in [6.45, 7) is 8.54. The smallest absolute Gasteiger partial charge is 0.186 e. The summed E-state index contributed by atoms with van der Waals surface area (Å²) in [6.07, 6.45) is -1.48. The van der Waals surface area contributed by atoms with Crippen LogP contribution < -0.4 is 0 Å². The van der Waals surface area contributed by atoms with E-state index >= 15 is 0 Å². The summed E-state index contributed by atoms with van der Waals surface area (Å²) in [5.41, 5.74) is 0.839. The van der Waals surface area contributed by atoms with Crippen LogP contribution in [0.5, 0.6) is 0 Å². The summed E-state index contributed by atoms with van der Waals surface area (Å²) in [6, 6.07) is 0. The molecule has 2 aliphatic heterocycles. The maximum Gasteiger partial charge on any atom is 0.186 e. The van der Waals surface area contributed by atoms with E-state index < -0.39 is 55.6 Å². The Bertz CT molecular complexity index is 1050. The van der Waals surface area contributed by atoms with Crippen molar-refractivity contribution in [3.05, 3.63) is 11.3 Å². The van der Waals surface area contributed by atoms with Crippen LogP contribution >= 0.6 is 0 Å². The van der Waals surface area contributed by atoms with Crippen molar-refractivity contribution in [1.82, 2.24) is 0 Å². The number of rotatable bonds is 7. The number of fused-ring (bicyclic) bond motifs is 7. The average molecular weight is 611 g/mol. The van der Waals surface area contributed by atoms with Crippen LogP contribution in [-0.2, 0) is 14.2 Å². The highest BCUT2D eigenvalue weighted by Gasteiger charge is 2.68. The predicted octanol–water partition coefficient (Wildman–Crippen LogP) is 1.46. The lowest BCUT2D eigenvalue weighted by atomic mass is 9.43. The van der Waals surface area contributed by atoms with Gasteiger partial charge in [0.15, 0.2) is 6.29 Å². The van der Waals surface area contributed by atoms with Gasteiger partial charge in [0.2, 0.25) is 0 Å². The fraction of sp³-hybridized carbons (Fsp3) is 0.939. The molecule has 0 radical (unpaired) electrons. The third-order valence-corrected chi connectivity index (χ3v) is 13.1. The van der Waals surface area contributed by atoms with E-state index in [0.717, 1.165) is 44.3 Å². The third kappa shape index (κ3) is 5.11. The first-order chi connectivity index (χ1) is 20.3. The van der Waals surface area contributed by atoms with Crippen LogP contribution in [0.1, 0.15) is 79.1 Å². The quantitative estimate of drug-likeness (QED) is 0.224. The standard InChI is InChI=1S/C33H54O10/c1-15(14-41-31-30(40)29(39)28(38)24(13-34)43-31)5-8-22-16(2)26-23(42-22)11-20-19-7-6-17-9-18(35)10-25(37)33(17,4)27(19)21(36)12-32(20,26)3/h15,17-21,23-31,34-40H,5-14H2,1-4H3. The van der Waals surface area contributed by atoms with Gasteiger partial charge in [-0.1, -0.05) is 20.8 Å². The second kappa shape index (κ2) is 11.8. The molecule has 43 heavy (non-hydrogen) atoms. The van der Waals surface area contributed by atoms with Gasteiger partial charge in [0.05, 0.1) is 37.3 Å². The van der Waals surface area contributed by atoms with Crippen molar-refractivity contribution in [3.8, 4) is 0 Å². The number of hydrogen-bond acceptors (Lipinski definition) is 10. The van der Waals surface area contributed by atoms with Crippen LogP contribution in [0.15, 0.2) is 11.3 Å². The maximum absolute atomic E-state index is 11.8. The summed E-state index contributed by atoms with van der Waals surface area (Å²) in [5.74, 6) is 2.43. The largest absolute Gasteiger partial charge is 0.494 e. The number of ether oxygens (including phenoxy) is 3. The summed E-state index contributed by atoms with van der Waals surface area (Å²) < 4.78 is 17.9. The van der Waals surface area contributed by atoms with Crippen LogP contribution in [-0.4, -0.2) is 104 Å². The second-order valence-electron chi connectivity index (χ2n) is 15.5. The lowest BCUT2D eigenvalue weighted by molar-refractivity contribution is -0.303. The van der Waals surface area contributed by atoms with E-state index in [2.05, 4.69) is 20.8 Å². The Hall–Kier alpha value is -0.820. The molecule has 2 heterocycles. The molecule has 0 aromatic carbocycles. The van der Waals surface area contributed by atoms with Gasteiger partial charge in [0.25, 0.3) is 0 Å². The van der Waals surface area contributed by atoms with Gasteiger partial charge in [0.1, 0.15) is 30.5 Å². The monoisotopic (exact) mass is 610 g/mol. The lowest BCUT2D eigenvalue weighted by Gasteiger charge is -2.63. The Morgan fingerprint density at radius 1 is 0.977 bits per heavy atom. The SMILES string of the molecule is CC1=C(CCC(C)COC2OC(CO)C(O)C(O)C2O)OC2CC3C4CCC5CC(O)CC(O)C5(C)C4C(O)CC3(C)C12. The van der Waals surface area contributed by atoms with Crippen LogP contribution in [0.4, 0.5) is 0 Å². The Morgan fingerprint density at radius 3 is 2.44 bits per heavy atom. The Morgan fingerprint density at radius 2 is 1.72 bits per heavy atom. The van der Waals surface area contributed by atoms with E-state index in [1.165, 1.54) is 5.57 Å². The second-order valence-corrected chi connectivity index (χ2v) is 15.5. The zero-order chi connectivity index (χ0) is 31.0. The summed E-state index contributed by atoms with van der Waals surface area (Å²) in [7, 11) is 0. The van der Waals surface area contributed by atoms with Gasteiger partial charge in [-0.05, 0) is 92.4 Å². The molecule has 17 unspecified atom stereocenters. The number of allylic oxidation sites excluding steroid dienone is 1. The molecule has 0 spiro atoms. The number of hydrogen-bond donors (Lipinski definition) is 7. The minimum Gasteiger partial charge on any atom is -0.494 e. The molecule has 10 heteroatoms. The first kappa shape index (κ1) is 32.1. The summed E-state index contributed by atoms with van der Waals surface area (Å²) in [5, 5.41) is 73.1. The van der Waals surface area contributed by atoms with Gasteiger partial charge in [-0.3, -0.25) is 0 Å². The van der Waals surface area contributed by atoms with Gasteiger partial charge in [-0.2, -0.15) is 0 Å². The zero-order valence-electron chi connectivity index (χ0n) is 26.1. The molecule has 5 fully saturated rings. The van der Waals surface area contributed by atoms with Gasteiger partial charge >= 0.3 is 0 Å². The van der Waals surface area contributed by atoms with Crippen molar-refractivity contribution in [2.24, 2.45) is 46.3 Å². The van der Waals surface area contributed by atoms with E-state index in [9.17, 15) is 35.7 Å². The first-order valence-electron chi connectivity index (χ1n) is 16.6. The Kier molecular flexibility index (Phi) is 8.79. The van der Waals surface area contributed by atoms with E-state index in [-0.39, 0.29) is 47.2 Å². The average Bonchev–Trinajstić information content (AvgIpc) is 3.43. The minimum absolute atomic E-state index is 0.0407. The molecule has 0 aromatic rings. The van der Waals surface area contributed by atoms with Crippen molar-refractivity contribution < 1.29 is 50.0 Å². The lowest BCUT2D eigenvalue weighted by Crippen LogP contribution is -2.63. The fourth-order valence-corrected chi connectivity index (χ4v) is 10.9. The highest BCUT2D eigenvalue weighted by atomic mass is 16.7. The fourth-order valence-electron chi connectivity index (χ4n) is 10.9. The van der Waals surface area contributed by atoms with Crippen LogP contribution in [0, 0.1) is 46.3 Å². The topological polar surface area (TPSA) is 169 Å². The Balaban J connectivity index is 1.09. The molecule has 10 nitrogen and oxygen atoms in total. The molecule has 246 valence electrons. The number of aliphatic hydroxyl groups is 7. The minimum atomic E-state index is -1.46. The molecular formula is C33H54O10. The molecule has 0 aromatic heterocycles. The molecule has 4 aliphatic carbocycles. The molecule has 0 bridgehead atoms. The van der Waals surface area contributed by atoms with Crippen LogP contribution in [0.3, 0.4) is 0 Å². The van der Waals surface area contributed by atoms with Crippen molar-refractivity contribution in [1.29, 1.82) is 0 Å². The van der Waals surface area contributed by atoms with Crippen molar-refractivity contribution in [2.75, 3.05) is 13.2 Å². The molecule has 1 saturated heterocycles. The van der Waals surface area contributed by atoms with Crippen molar-refractivity contribution in [2.45, 2.75) is 134 Å². The third-order valence-electron chi connectivity index (χ3n) is 13.1. The van der Waals surface area contributed by atoms with Crippen LogP contribution in [0.25, 0.3) is 0 Å². The van der Waals surface area contributed by atoms with Crippen LogP contribution in [0.2, 0.25) is 0 Å². The molecular weight excluding hydrogens is 556 g/mol. The zero-order valence-corrected chi connectivity index (χ0v) is 26.1. The van der Waals surface area contributed by atoms with Gasteiger partial charge in [-0.15, -0.1) is 0 Å². The molecule has 6 aliphatic rings. The molecule has 17 atom stereocenters. The van der Waals surface area contributed by atoms with E-state index in [4.69, 9.17) is 14.2 Å².